The lowest BCUT2D eigenvalue weighted by atomic mass is 9.96. The summed E-state index contributed by atoms with van der Waals surface area (Å²) < 4.78 is 0. The second kappa shape index (κ2) is 6.13. The van der Waals surface area contributed by atoms with Crippen molar-refractivity contribution in [1.29, 1.82) is 0 Å². The van der Waals surface area contributed by atoms with Gasteiger partial charge in [-0.05, 0) is 50.2 Å². The fourth-order valence-electron chi connectivity index (χ4n) is 3.94. The average Bonchev–Trinajstić information content (AvgIpc) is 3.16. The van der Waals surface area contributed by atoms with E-state index >= 15 is 0 Å². The van der Waals surface area contributed by atoms with Crippen LogP contribution in [0.2, 0.25) is 0 Å². The Bertz CT molecular complexity index is 422. The predicted octanol–water partition coefficient (Wildman–Crippen LogP) is 3.65. The van der Waals surface area contributed by atoms with E-state index in [1.165, 1.54) is 50.8 Å². The van der Waals surface area contributed by atoms with Gasteiger partial charge in [-0.1, -0.05) is 19.8 Å². The van der Waals surface area contributed by atoms with E-state index in [1.54, 1.807) is 0 Å². The highest BCUT2D eigenvalue weighted by Gasteiger charge is 2.33. The number of aromatic nitrogens is 1. The molecule has 0 spiro atoms. The van der Waals surface area contributed by atoms with Crippen LogP contribution in [0.5, 0.6) is 0 Å². The van der Waals surface area contributed by atoms with E-state index < -0.39 is 0 Å². The number of hydrogen-bond donors (Lipinski definition) is 1. The van der Waals surface area contributed by atoms with E-state index in [4.69, 9.17) is 5.73 Å². The summed E-state index contributed by atoms with van der Waals surface area (Å²) in [5, 5.41) is 0. The number of hydrogen-bond acceptors (Lipinski definition) is 3. The van der Waals surface area contributed by atoms with Crippen molar-refractivity contribution in [3.05, 3.63) is 24.0 Å². The molecule has 20 heavy (non-hydrogen) atoms. The Morgan fingerprint density at radius 2 is 2.05 bits per heavy atom. The number of rotatable bonds is 4. The van der Waals surface area contributed by atoms with Gasteiger partial charge in [0.2, 0.25) is 0 Å². The van der Waals surface area contributed by atoms with Crippen LogP contribution in [0.25, 0.3) is 0 Å². The first-order valence-electron chi connectivity index (χ1n) is 8.27. The van der Waals surface area contributed by atoms with Crippen molar-refractivity contribution in [3.63, 3.8) is 0 Å². The maximum absolute atomic E-state index is 6.05. The highest BCUT2D eigenvalue weighted by molar-refractivity contribution is 5.47. The van der Waals surface area contributed by atoms with Crippen LogP contribution in [-0.2, 0) is 0 Å². The van der Waals surface area contributed by atoms with E-state index in [1.807, 2.05) is 6.20 Å². The van der Waals surface area contributed by atoms with Crippen molar-refractivity contribution in [3.8, 4) is 0 Å². The average molecular weight is 273 g/mol. The van der Waals surface area contributed by atoms with E-state index in [2.05, 4.69) is 28.9 Å². The molecular weight excluding hydrogens is 246 g/mol. The summed E-state index contributed by atoms with van der Waals surface area (Å²) >= 11 is 0. The molecule has 2 fully saturated rings. The molecule has 1 saturated carbocycles. The Kier molecular flexibility index (Phi) is 4.25. The second-order valence-electron chi connectivity index (χ2n) is 6.40. The standard InChI is InChI=1S/C17H27N3/c1-2-15(18)16-10-9-14(12-19-16)20-11-5-8-17(20)13-6-3-4-7-13/h9-10,12-13,15,17H,2-8,11,18H2,1H3/t15-,17?/m0/s1. The normalized spacial score (nSPS) is 25.3. The zero-order chi connectivity index (χ0) is 13.9. The lowest BCUT2D eigenvalue weighted by molar-refractivity contribution is 0.430. The van der Waals surface area contributed by atoms with Crippen molar-refractivity contribution in [2.45, 2.75) is 64.0 Å². The van der Waals surface area contributed by atoms with Gasteiger partial charge >= 0.3 is 0 Å². The molecule has 3 rings (SSSR count). The van der Waals surface area contributed by atoms with Gasteiger partial charge in [0.05, 0.1) is 17.6 Å². The molecule has 1 aliphatic carbocycles. The van der Waals surface area contributed by atoms with Gasteiger partial charge in [-0.25, -0.2) is 0 Å². The van der Waals surface area contributed by atoms with Crippen molar-refractivity contribution in [1.82, 2.24) is 4.98 Å². The predicted molar refractivity (Wildman–Crippen MR) is 83.8 cm³/mol. The molecule has 2 aliphatic rings. The molecule has 0 amide bonds. The lowest BCUT2D eigenvalue weighted by Gasteiger charge is -2.31. The van der Waals surface area contributed by atoms with Crippen LogP contribution in [0.15, 0.2) is 18.3 Å². The van der Waals surface area contributed by atoms with Gasteiger partial charge in [0.1, 0.15) is 0 Å². The molecule has 1 saturated heterocycles. The molecule has 0 radical (unpaired) electrons. The van der Waals surface area contributed by atoms with Crippen molar-refractivity contribution in [2.24, 2.45) is 11.7 Å². The Balaban J connectivity index is 1.74. The minimum absolute atomic E-state index is 0.0771. The maximum atomic E-state index is 6.05. The van der Waals surface area contributed by atoms with E-state index in [0.29, 0.717) is 0 Å². The van der Waals surface area contributed by atoms with Gasteiger partial charge in [-0.3, -0.25) is 4.98 Å². The monoisotopic (exact) mass is 273 g/mol. The Labute approximate surface area is 122 Å². The number of nitrogens with two attached hydrogens (primary N) is 1. The van der Waals surface area contributed by atoms with Crippen molar-refractivity contribution in [2.75, 3.05) is 11.4 Å². The minimum Gasteiger partial charge on any atom is -0.367 e. The highest BCUT2D eigenvalue weighted by atomic mass is 15.2. The molecule has 1 aromatic rings. The number of anilines is 1. The van der Waals surface area contributed by atoms with Crippen LogP contribution >= 0.6 is 0 Å². The first-order valence-corrected chi connectivity index (χ1v) is 8.27. The molecule has 2 heterocycles. The molecule has 3 heteroatoms. The van der Waals surface area contributed by atoms with Gasteiger partial charge in [0.25, 0.3) is 0 Å². The van der Waals surface area contributed by atoms with Crippen LogP contribution in [0, 0.1) is 5.92 Å². The summed E-state index contributed by atoms with van der Waals surface area (Å²) in [5.74, 6) is 0.912. The van der Waals surface area contributed by atoms with E-state index in [-0.39, 0.29) is 6.04 Å². The minimum atomic E-state index is 0.0771. The van der Waals surface area contributed by atoms with Gasteiger partial charge in [0, 0.05) is 18.6 Å². The van der Waals surface area contributed by atoms with Crippen LogP contribution in [0.3, 0.4) is 0 Å². The quantitative estimate of drug-likeness (QED) is 0.910. The molecule has 1 aromatic heterocycles. The number of nitrogens with zero attached hydrogens (tertiary/aromatic N) is 2. The molecule has 2 N–H and O–H groups in total. The van der Waals surface area contributed by atoms with Gasteiger partial charge in [-0.2, -0.15) is 0 Å². The first kappa shape index (κ1) is 13.9. The Morgan fingerprint density at radius 1 is 1.25 bits per heavy atom. The molecule has 2 atom stereocenters. The van der Waals surface area contributed by atoms with Crippen molar-refractivity contribution >= 4 is 5.69 Å². The largest absolute Gasteiger partial charge is 0.367 e. The number of pyridine rings is 1. The third-order valence-electron chi connectivity index (χ3n) is 5.17. The Hall–Kier alpha value is -1.09. The zero-order valence-corrected chi connectivity index (χ0v) is 12.6. The smallest absolute Gasteiger partial charge is 0.0572 e. The van der Waals surface area contributed by atoms with Gasteiger partial charge in [-0.15, -0.1) is 0 Å². The molecule has 3 nitrogen and oxygen atoms in total. The molecule has 1 aliphatic heterocycles. The fraction of sp³-hybridized carbons (Fsp3) is 0.706. The maximum Gasteiger partial charge on any atom is 0.0572 e. The van der Waals surface area contributed by atoms with Crippen LogP contribution in [0.1, 0.15) is 63.6 Å². The topological polar surface area (TPSA) is 42.1 Å². The van der Waals surface area contributed by atoms with Crippen LogP contribution in [-0.4, -0.2) is 17.6 Å². The lowest BCUT2D eigenvalue weighted by Crippen LogP contribution is -2.34. The summed E-state index contributed by atoms with van der Waals surface area (Å²) in [6.07, 6.45) is 11.4. The second-order valence-corrected chi connectivity index (χ2v) is 6.40. The fourth-order valence-corrected chi connectivity index (χ4v) is 3.94. The molecule has 110 valence electrons. The zero-order valence-electron chi connectivity index (χ0n) is 12.6. The first-order chi connectivity index (χ1) is 9.79. The summed E-state index contributed by atoms with van der Waals surface area (Å²) in [6.45, 7) is 3.30. The van der Waals surface area contributed by atoms with Crippen LogP contribution in [0.4, 0.5) is 5.69 Å². The molecule has 0 bridgehead atoms. The molecule has 1 unspecified atom stereocenters. The summed E-state index contributed by atoms with van der Waals surface area (Å²) in [4.78, 5) is 7.19. The van der Waals surface area contributed by atoms with Gasteiger partial charge in [0.15, 0.2) is 0 Å². The van der Waals surface area contributed by atoms with E-state index in [0.717, 1.165) is 24.1 Å². The summed E-state index contributed by atoms with van der Waals surface area (Å²) in [7, 11) is 0. The van der Waals surface area contributed by atoms with Gasteiger partial charge < -0.3 is 10.6 Å². The Morgan fingerprint density at radius 3 is 2.70 bits per heavy atom. The van der Waals surface area contributed by atoms with Crippen LogP contribution < -0.4 is 10.6 Å². The van der Waals surface area contributed by atoms with E-state index in [9.17, 15) is 0 Å². The van der Waals surface area contributed by atoms with Crippen molar-refractivity contribution < 1.29 is 0 Å². The highest BCUT2D eigenvalue weighted by Crippen LogP contribution is 2.37. The summed E-state index contributed by atoms with van der Waals surface area (Å²) in [6, 6.07) is 5.18. The third-order valence-corrected chi connectivity index (χ3v) is 5.17. The summed E-state index contributed by atoms with van der Waals surface area (Å²) in [5.41, 5.74) is 8.37. The third kappa shape index (κ3) is 2.69. The molecule has 0 aromatic carbocycles. The molecular formula is C17H27N3. The SMILES string of the molecule is CC[C@H](N)c1ccc(N2CCCC2C2CCCC2)cn1.